The van der Waals surface area contributed by atoms with Crippen LogP contribution in [0.3, 0.4) is 0 Å². The molecule has 5 nitrogen and oxygen atoms in total. The molecule has 22 heavy (non-hydrogen) atoms. The van der Waals surface area contributed by atoms with Crippen molar-refractivity contribution < 1.29 is 14.3 Å². The molecule has 0 radical (unpaired) electrons. The molecule has 0 unspecified atom stereocenters. The maximum atomic E-state index is 12.0. The fourth-order valence-corrected chi connectivity index (χ4v) is 2.01. The van der Waals surface area contributed by atoms with E-state index in [0.29, 0.717) is 10.7 Å². The first-order valence-corrected chi connectivity index (χ1v) is 7.11. The quantitative estimate of drug-likeness (QED) is 0.683. The molecule has 0 aliphatic heterocycles. The fraction of sp³-hybridized carbons (Fsp3) is 0.133. The third-order valence-corrected chi connectivity index (χ3v) is 3.26. The Morgan fingerprint density at radius 1 is 1.23 bits per heavy atom. The molecule has 1 amide bonds. The molecule has 2 rings (SSSR count). The van der Waals surface area contributed by atoms with Gasteiger partial charge in [0.15, 0.2) is 6.10 Å². The number of nitrogens with zero attached hydrogens (tertiary/aromatic N) is 1. The molecule has 1 atom stereocenters. The first-order chi connectivity index (χ1) is 10.5. The molecule has 0 spiro atoms. The molecule has 0 fully saturated rings. The Bertz CT molecular complexity index is 707. The lowest BCUT2D eigenvalue weighted by atomic mass is 10.2. The van der Waals surface area contributed by atoms with Gasteiger partial charge in [-0.25, -0.2) is 9.78 Å². The van der Waals surface area contributed by atoms with Gasteiger partial charge in [-0.15, -0.1) is 0 Å². The summed E-state index contributed by atoms with van der Waals surface area (Å²) in [7, 11) is 0. The molecule has 1 heterocycles. The number of halogens is 2. The van der Waals surface area contributed by atoms with E-state index in [0.717, 1.165) is 0 Å². The Morgan fingerprint density at radius 3 is 2.68 bits per heavy atom. The number of anilines is 1. The smallest absolute Gasteiger partial charge is 0.342 e. The van der Waals surface area contributed by atoms with Gasteiger partial charge in [-0.3, -0.25) is 4.79 Å². The summed E-state index contributed by atoms with van der Waals surface area (Å²) in [5, 5.41) is 3.12. The minimum atomic E-state index is -0.997. The van der Waals surface area contributed by atoms with Crippen LogP contribution in [0.5, 0.6) is 0 Å². The molecule has 1 aromatic heterocycles. The zero-order valence-electron chi connectivity index (χ0n) is 11.5. The molecule has 7 heteroatoms. The highest BCUT2D eigenvalue weighted by Crippen LogP contribution is 2.16. The molecule has 114 valence electrons. The Hall–Kier alpha value is -2.11. The maximum absolute atomic E-state index is 12.0. The van der Waals surface area contributed by atoms with Gasteiger partial charge in [0.05, 0.1) is 5.56 Å². The van der Waals surface area contributed by atoms with Crippen LogP contribution in [0.25, 0.3) is 0 Å². The first kappa shape index (κ1) is 16.3. The van der Waals surface area contributed by atoms with E-state index in [9.17, 15) is 9.59 Å². The van der Waals surface area contributed by atoms with Gasteiger partial charge in [0.1, 0.15) is 5.15 Å². The topological polar surface area (TPSA) is 68.3 Å². The minimum Gasteiger partial charge on any atom is -0.449 e. The summed E-state index contributed by atoms with van der Waals surface area (Å²) in [6, 6.07) is 9.68. The molecule has 2 aromatic rings. The van der Waals surface area contributed by atoms with Gasteiger partial charge in [0, 0.05) is 16.9 Å². The Kier molecular flexibility index (Phi) is 5.35. The Morgan fingerprint density at radius 2 is 2.00 bits per heavy atom. The number of esters is 1. The standard InChI is InChI=1S/C15H12Cl2N2O3/c1-9(14(20)19-11-5-2-4-10(16)8-11)22-15(21)12-6-3-7-18-13(12)17/h2-9H,1H3,(H,19,20)/t9-/m1/s1. The van der Waals surface area contributed by atoms with Gasteiger partial charge >= 0.3 is 5.97 Å². The molecule has 0 bridgehead atoms. The van der Waals surface area contributed by atoms with Crippen molar-refractivity contribution in [1.29, 1.82) is 0 Å². The predicted octanol–water partition coefficient (Wildman–Crippen LogP) is 3.57. The summed E-state index contributed by atoms with van der Waals surface area (Å²) >= 11 is 11.6. The van der Waals surface area contributed by atoms with E-state index in [4.69, 9.17) is 27.9 Å². The van der Waals surface area contributed by atoms with Crippen LogP contribution in [0.15, 0.2) is 42.6 Å². The van der Waals surface area contributed by atoms with E-state index >= 15 is 0 Å². The van der Waals surface area contributed by atoms with Gasteiger partial charge in [-0.05, 0) is 37.3 Å². The fourth-order valence-electron chi connectivity index (χ4n) is 1.63. The molecule has 0 saturated heterocycles. The summed E-state index contributed by atoms with van der Waals surface area (Å²) in [4.78, 5) is 27.7. The second-order valence-corrected chi connectivity index (χ2v) is 5.18. The van der Waals surface area contributed by atoms with E-state index in [1.807, 2.05) is 0 Å². The third kappa shape index (κ3) is 4.19. The van der Waals surface area contributed by atoms with Gasteiger partial charge in [-0.1, -0.05) is 29.3 Å². The van der Waals surface area contributed by atoms with Crippen LogP contribution in [-0.4, -0.2) is 23.0 Å². The van der Waals surface area contributed by atoms with Crippen LogP contribution >= 0.6 is 23.2 Å². The molecule has 1 N–H and O–H groups in total. The molecule has 0 saturated carbocycles. The number of rotatable bonds is 4. The van der Waals surface area contributed by atoms with Gasteiger partial charge in [-0.2, -0.15) is 0 Å². The van der Waals surface area contributed by atoms with Crippen LogP contribution in [-0.2, 0) is 9.53 Å². The molecule has 1 aromatic carbocycles. The van der Waals surface area contributed by atoms with Crippen molar-refractivity contribution in [2.45, 2.75) is 13.0 Å². The van der Waals surface area contributed by atoms with Gasteiger partial charge in [0.2, 0.25) is 0 Å². The van der Waals surface area contributed by atoms with Crippen molar-refractivity contribution in [3.05, 3.63) is 58.3 Å². The minimum absolute atomic E-state index is 0.0231. The highest BCUT2D eigenvalue weighted by Gasteiger charge is 2.20. The van der Waals surface area contributed by atoms with E-state index in [-0.39, 0.29) is 10.7 Å². The number of hydrogen-bond donors (Lipinski definition) is 1. The number of carbonyl (C=O) groups is 2. The summed E-state index contributed by atoms with van der Waals surface area (Å²) in [5.41, 5.74) is 0.617. The highest BCUT2D eigenvalue weighted by atomic mass is 35.5. The average Bonchev–Trinajstić information content (AvgIpc) is 2.47. The number of carbonyl (C=O) groups excluding carboxylic acids is 2. The van der Waals surface area contributed by atoms with E-state index in [1.165, 1.54) is 19.2 Å². The van der Waals surface area contributed by atoms with E-state index in [1.54, 1.807) is 30.3 Å². The van der Waals surface area contributed by atoms with Crippen molar-refractivity contribution in [3.63, 3.8) is 0 Å². The number of ether oxygens (including phenoxy) is 1. The lowest BCUT2D eigenvalue weighted by molar-refractivity contribution is -0.123. The van der Waals surface area contributed by atoms with Crippen LogP contribution < -0.4 is 5.32 Å². The number of hydrogen-bond acceptors (Lipinski definition) is 4. The zero-order chi connectivity index (χ0) is 16.1. The molecule has 0 aliphatic rings. The Labute approximate surface area is 137 Å². The predicted molar refractivity (Wildman–Crippen MR) is 84.2 cm³/mol. The van der Waals surface area contributed by atoms with Crippen LogP contribution in [0.1, 0.15) is 17.3 Å². The van der Waals surface area contributed by atoms with Crippen molar-refractivity contribution in [2.75, 3.05) is 5.32 Å². The van der Waals surface area contributed by atoms with E-state index in [2.05, 4.69) is 10.3 Å². The number of nitrogens with one attached hydrogen (secondary N) is 1. The highest BCUT2D eigenvalue weighted by molar-refractivity contribution is 6.32. The Balaban J connectivity index is 1.99. The zero-order valence-corrected chi connectivity index (χ0v) is 13.1. The van der Waals surface area contributed by atoms with Gasteiger partial charge in [0.25, 0.3) is 5.91 Å². The maximum Gasteiger partial charge on any atom is 0.342 e. The lowest BCUT2D eigenvalue weighted by Crippen LogP contribution is -2.30. The average molecular weight is 339 g/mol. The van der Waals surface area contributed by atoms with Crippen LogP contribution in [0.2, 0.25) is 10.2 Å². The van der Waals surface area contributed by atoms with Crippen molar-refractivity contribution in [2.24, 2.45) is 0 Å². The van der Waals surface area contributed by atoms with Gasteiger partial charge < -0.3 is 10.1 Å². The normalized spacial score (nSPS) is 11.6. The summed E-state index contributed by atoms with van der Waals surface area (Å²) in [6.07, 6.45) is 0.455. The van der Waals surface area contributed by atoms with Crippen molar-refractivity contribution >= 4 is 40.8 Å². The number of aromatic nitrogens is 1. The summed E-state index contributed by atoms with van der Waals surface area (Å²) in [6.45, 7) is 1.46. The number of benzene rings is 1. The first-order valence-electron chi connectivity index (χ1n) is 6.35. The molecule has 0 aliphatic carbocycles. The summed E-state index contributed by atoms with van der Waals surface area (Å²) in [5.74, 6) is -1.19. The summed E-state index contributed by atoms with van der Waals surface area (Å²) < 4.78 is 5.07. The van der Waals surface area contributed by atoms with Crippen molar-refractivity contribution in [3.8, 4) is 0 Å². The van der Waals surface area contributed by atoms with Crippen molar-refractivity contribution in [1.82, 2.24) is 4.98 Å². The second kappa shape index (κ2) is 7.24. The van der Waals surface area contributed by atoms with E-state index < -0.39 is 18.0 Å². The molecular weight excluding hydrogens is 327 g/mol. The number of amides is 1. The monoisotopic (exact) mass is 338 g/mol. The molecular formula is C15H12Cl2N2O3. The lowest BCUT2D eigenvalue weighted by Gasteiger charge is -2.14. The second-order valence-electron chi connectivity index (χ2n) is 4.39. The largest absolute Gasteiger partial charge is 0.449 e. The van der Waals surface area contributed by atoms with Crippen LogP contribution in [0.4, 0.5) is 5.69 Å². The SMILES string of the molecule is C[C@@H](OC(=O)c1cccnc1Cl)C(=O)Nc1cccc(Cl)c1. The number of pyridine rings is 1. The third-order valence-electron chi connectivity index (χ3n) is 2.72. The van der Waals surface area contributed by atoms with Crippen LogP contribution in [0, 0.1) is 0 Å².